The van der Waals surface area contributed by atoms with Crippen LogP contribution in [-0.2, 0) is 0 Å². The van der Waals surface area contributed by atoms with Gasteiger partial charge in [-0.2, -0.15) is 5.10 Å². The summed E-state index contributed by atoms with van der Waals surface area (Å²) in [5, 5.41) is 3.88. The van der Waals surface area contributed by atoms with Crippen LogP contribution in [0.25, 0.3) is 11.3 Å². The van der Waals surface area contributed by atoms with Crippen LogP contribution in [0.5, 0.6) is 0 Å². The summed E-state index contributed by atoms with van der Waals surface area (Å²) in [6.07, 6.45) is 3.01. The number of furan rings is 1. The monoisotopic (exact) mass is 417 g/mol. The Labute approximate surface area is 146 Å². The molecule has 0 aliphatic heterocycles. The van der Waals surface area contributed by atoms with Crippen LogP contribution in [-0.4, -0.2) is 17.1 Å². The number of halogens is 1. The van der Waals surface area contributed by atoms with Gasteiger partial charge in [-0.05, 0) is 59.0 Å². The maximum atomic E-state index is 11.8. The molecule has 2 aromatic heterocycles. The van der Waals surface area contributed by atoms with E-state index in [2.05, 4.69) is 38.1 Å². The van der Waals surface area contributed by atoms with Crippen molar-refractivity contribution in [3.05, 3.63) is 75.8 Å². The smallest absolute Gasteiger partial charge is 0.289 e. The van der Waals surface area contributed by atoms with Gasteiger partial charge in [-0.1, -0.05) is 18.2 Å². The number of benzene rings is 1. The average Bonchev–Trinajstić information content (AvgIpc) is 3.05. The Hall–Kier alpha value is -2.48. The van der Waals surface area contributed by atoms with Crippen molar-refractivity contribution in [2.24, 2.45) is 5.10 Å². The predicted molar refractivity (Wildman–Crippen MR) is 96.2 cm³/mol. The molecule has 0 radical (unpaired) electrons. The van der Waals surface area contributed by atoms with Crippen LogP contribution < -0.4 is 5.43 Å². The summed E-state index contributed by atoms with van der Waals surface area (Å²) in [6, 6.07) is 16.8. The lowest BCUT2D eigenvalue weighted by atomic mass is 10.2. The molecule has 0 unspecified atom stereocenters. The van der Waals surface area contributed by atoms with Crippen LogP contribution in [0.1, 0.15) is 16.2 Å². The van der Waals surface area contributed by atoms with E-state index < -0.39 is 0 Å². The number of aromatic nitrogens is 1. The average molecular weight is 417 g/mol. The van der Waals surface area contributed by atoms with Gasteiger partial charge in [-0.3, -0.25) is 9.78 Å². The molecule has 6 heteroatoms. The molecule has 1 N–H and O–H groups in total. The summed E-state index contributed by atoms with van der Waals surface area (Å²) >= 11 is 2.25. The van der Waals surface area contributed by atoms with Gasteiger partial charge in [0.1, 0.15) is 17.2 Å². The zero-order chi connectivity index (χ0) is 16.1. The Morgan fingerprint density at radius 3 is 2.70 bits per heavy atom. The summed E-state index contributed by atoms with van der Waals surface area (Å²) in [6.45, 7) is 0. The molecule has 2 heterocycles. The molecule has 3 aromatic rings. The maximum absolute atomic E-state index is 11.8. The molecular weight excluding hydrogens is 405 g/mol. The van der Waals surface area contributed by atoms with Crippen LogP contribution in [0.2, 0.25) is 0 Å². The first-order valence-electron chi connectivity index (χ1n) is 6.82. The van der Waals surface area contributed by atoms with Gasteiger partial charge in [0, 0.05) is 15.3 Å². The molecule has 0 saturated heterocycles. The molecule has 0 atom stereocenters. The van der Waals surface area contributed by atoms with Crippen LogP contribution in [0.15, 0.2) is 70.3 Å². The van der Waals surface area contributed by atoms with Crippen LogP contribution in [0.4, 0.5) is 0 Å². The second-order valence-electron chi connectivity index (χ2n) is 4.62. The van der Waals surface area contributed by atoms with E-state index in [4.69, 9.17) is 4.42 Å². The number of amides is 1. The van der Waals surface area contributed by atoms with E-state index in [9.17, 15) is 4.79 Å². The summed E-state index contributed by atoms with van der Waals surface area (Å²) < 4.78 is 6.84. The Morgan fingerprint density at radius 1 is 1.13 bits per heavy atom. The Balaban J connectivity index is 1.65. The minimum atomic E-state index is -0.369. The lowest BCUT2D eigenvalue weighted by molar-refractivity contribution is 0.0950. The number of hydrogen-bond acceptors (Lipinski definition) is 4. The minimum Gasteiger partial charge on any atom is -0.455 e. The van der Waals surface area contributed by atoms with E-state index in [0.717, 1.165) is 14.9 Å². The van der Waals surface area contributed by atoms with Gasteiger partial charge in [0.15, 0.2) is 0 Å². The highest BCUT2D eigenvalue weighted by Gasteiger charge is 2.05. The van der Waals surface area contributed by atoms with Gasteiger partial charge in [0.25, 0.3) is 5.91 Å². The topological polar surface area (TPSA) is 67.5 Å². The van der Waals surface area contributed by atoms with Crippen molar-refractivity contribution in [1.82, 2.24) is 10.4 Å². The molecule has 0 bridgehead atoms. The van der Waals surface area contributed by atoms with Crippen molar-refractivity contribution in [2.45, 2.75) is 0 Å². The SMILES string of the molecule is O=C(NN=Cc1ccc(-c2ccc(I)cc2)o1)c1ccccn1. The standard InChI is InChI=1S/C17H12IN3O2/c18-13-6-4-12(5-7-13)16-9-8-14(23-16)11-20-21-17(22)15-3-1-2-10-19-15/h1-11H,(H,21,22). The fourth-order valence-electron chi connectivity index (χ4n) is 1.90. The second kappa shape index (κ2) is 7.19. The first-order chi connectivity index (χ1) is 11.2. The molecule has 5 nitrogen and oxygen atoms in total. The first-order valence-corrected chi connectivity index (χ1v) is 7.90. The molecule has 0 fully saturated rings. The lowest BCUT2D eigenvalue weighted by Crippen LogP contribution is -2.18. The number of carbonyl (C=O) groups is 1. The first kappa shape index (κ1) is 15.4. The number of carbonyl (C=O) groups excluding carboxylic acids is 1. The van der Waals surface area contributed by atoms with Crippen molar-refractivity contribution in [3.63, 3.8) is 0 Å². The fraction of sp³-hybridized carbons (Fsp3) is 0. The number of nitrogens with one attached hydrogen (secondary N) is 1. The molecule has 23 heavy (non-hydrogen) atoms. The van der Waals surface area contributed by atoms with E-state index in [-0.39, 0.29) is 5.91 Å². The van der Waals surface area contributed by atoms with Crippen molar-refractivity contribution in [3.8, 4) is 11.3 Å². The third-order valence-corrected chi connectivity index (χ3v) is 3.73. The minimum absolute atomic E-state index is 0.309. The van der Waals surface area contributed by atoms with E-state index in [1.165, 1.54) is 6.21 Å². The highest BCUT2D eigenvalue weighted by atomic mass is 127. The second-order valence-corrected chi connectivity index (χ2v) is 5.87. The Kier molecular flexibility index (Phi) is 4.82. The largest absolute Gasteiger partial charge is 0.455 e. The quantitative estimate of drug-likeness (QED) is 0.400. The molecule has 0 spiro atoms. The van der Waals surface area contributed by atoms with Gasteiger partial charge in [-0.25, -0.2) is 5.43 Å². The van der Waals surface area contributed by atoms with Crippen molar-refractivity contribution < 1.29 is 9.21 Å². The van der Waals surface area contributed by atoms with E-state index in [1.807, 2.05) is 30.3 Å². The maximum Gasteiger partial charge on any atom is 0.289 e. The van der Waals surface area contributed by atoms with E-state index in [1.54, 1.807) is 30.5 Å². The predicted octanol–water partition coefficient (Wildman–Crippen LogP) is 3.71. The molecule has 3 rings (SSSR count). The van der Waals surface area contributed by atoms with Crippen LogP contribution >= 0.6 is 22.6 Å². The zero-order valence-electron chi connectivity index (χ0n) is 11.9. The third kappa shape index (κ3) is 4.04. The number of hydrazone groups is 1. The normalized spacial score (nSPS) is 10.8. The van der Waals surface area contributed by atoms with E-state index >= 15 is 0 Å². The van der Waals surface area contributed by atoms with Crippen molar-refractivity contribution in [1.29, 1.82) is 0 Å². The summed E-state index contributed by atoms with van der Waals surface area (Å²) in [4.78, 5) is 15.7. The highest BCUT2D eigenvalue weighted by Crippen LogP contribution is 2.22. The molecule has 1 amide bonds. The number of nitrogens with zero attached hydrogens (tertiary/aromatic N) is 2. The number of rotatable bonds is 4. The lowest BCUT2D eigenvalue weighted by Gasteiger charge is -1.97. The molecule has 1 aromatic carbocycles. The van der Waals surface area contributed by atoms with Gasteiger partial charge >= 0.3 is 0 Å². The number of pyridine rings is 1. The van der Waals surface area contributed by atoms with Gasteiger partial charge in [0.2, 0.25) is 0 Å². The van der Waals surface area contributed by atoms with Gasteiger partial charge in [0.05, 0.1) is 6.21 Å². The molecule has 0 aliphatic carbocycles. The Morgan fingerprint density at radius 2 is 1.96 bits per heavy atom. The zero-order valence-corrected chi connectivity index (χ0v) is 14.1. The Bertz CT molecular complexity index is 827. The fourth-order valence-corrected chi connectivity index (χ4v) is 2.26. The van der Waals surface area contributed by atoms with Crippen molar-refractivity contribution in [2.75, 3.05) is 0 Å². The third-order valence-electron chi connectivity index (χ3n) is 3.01. The van der Waals surface area contributed by atoms with E-state index in [0.29, 0.717) is 11.5 Å². The summed E-state index contributed by atoms with van der Waals surface area (Å²) in [5.74, 6) is 0.935. The molecule has 114 valence electrons. The highest BCUT2D eigenvalue weighted by molar-refractivity contribution is 14.1. The summed E-state index contributed by atoms with van der Waals surface area (Å²) in [7, 11) is 0. The van der Waals surface area contributed by atoms with Crippen LogP contribution in [0, 0.1) is 3.57 Å². The van der Waals surface area contributed by atoms with Crippen LogP contribution in [0.3, 0.4) is 0 Å². The number of hydrogen-bond donors (Lipinski definition) is 1. The molecule has 0 aliphatic rings. The summed E-state index contributed by atoms with van der Waals surface area (Å²) in [5.41, 5.74) is 3.71. The van der Waals surface area contributed by atoms with Gasteiger partial charge in [-0.15, -0.1) is 0 Å². The molecular formula is C17H12IN3O2. The van der Waals surface area contributed by atoms with Gasteiger partial charge < -0.3 is 4.42 Å². The molecule has 0 saturated carbocycles. The van der Waals surface area contributed by atoms with Crippen molar-refractivity contribution >= 4 is 34.7 Å².